The number of carbonyl (C=O) groups excluding carboxylic acids is 2. The zero-order chi connectivity index (χ0) is 17.9. The Morgan fingerprint density at radius 1 is 1.25 bits per heavy atom. The van der Waals surface area contributed by atoms with Gasteiger partial charge in [-0.1, -0.05) is 6.07 Å². The molecule has 1 aliphatic heterocycles. The van der Waals surface area contributed by atoms with Gasteiger partial charge in [-0.3, -0.25) is 4.79 Å². The van der Waals surface area contributed by atoms with Crippen LogP contribution in [-0.4, -0.2) is 35.5 Å². The van der Waals surface area contributed by atoms with Crippen LogP contribution in [0.3, 0.4) is 0 Å². The summed E-state index contributed by atoms with van der Waals surface area (Å²) in [4.78, 5) is 26.5. The van der Waals surface area contributed by atoms with Crippen molar-refractivity contribution in [3.63, 3.8) is 0 Å². The van der Waals surface area contributed by atoms with Crippen molar-refractivity contribution < 1.29 is 18.7 Å². The average Bonchev–Trinajstić information content (AvgIpc) is 2.71. The number of carbonyl (C=O) groups is 2. The van der Waals surface area contributed by atoms with Gasteiger partial charge in [0, 0.05) is 23.5 Å². The fourth-order valence-corrected chi connectivity index (χ4v) is 3.34. The van der Waals surface area contributed by atoms with E-state index in [4.69, 9.17) is 4.74 Å². The van der Waals surface area contributed by atoms with Gasteiger partial charge < -0.3 is 9.64 Å². The van der Waals surface area contributed by atoms with Crippen LogP contribution in [0.2, 0.25) is 0 Å². The fourth-order valence-electron chi connectivity index (χ4n) is 2.80. The normalized spacial score (nSPS) is 18.9. The van der Waals surface area contributed by atoms with Crippen molar-refractivity contribution in [1.29, 1.82) is 0 Å². The molecule has 132 valence electrons. The highest BCUT2D eigenvalue weighted by molar-refractivity contribution is 9.10. The zero-order valence-electron chi connectivity index (χ0n) is 14.3. The number of amides is 1. The molecule has 0 aromatic heterocycles. The van der Waals surface area contributed by atoms with Gasteiger partial charge in [-0.25, -0.2) is 9.18 Å². The average molecular weight is 400 g/mol. The number of ketones is 1. The lowest BCUT2D eigenvalue weighted by Crippen LogP contribution is -2.37. The molecule has 1 aromatic rings. The number of Topliss-reactive ketones (excluding diaryl/α,β-unsaturated/α-hetero) is 1. The van der Waals surface area contributed by atoms with Crippen molar-refractivity contribution in [1.82, 2.24) is 4.90 Å². The van der Waals surface area contributed by atoms with Gasteiger partial charge in [0.1, 0.15) is 11.4 Å². The molecule has 0 bridgehead atoms. The lowest BCUT2D eigenvalue weighted by Gasteiger charge is -2.26. The van der Waals surface area contributed by atoms with E-state index in [-0.39, 0.29) is 23.4 Å². The second kappa shape index (κ2) is 7.64. The Morgan fingerprint density at radius 3 is 2.58 bits per heavy atom. The van der Waals surface area contributed by atoms with Crippen LogP contribution in [0.4, 0.5) is 9.18 Å². The SMILES string of the molecule is CC(C)(C)OC(=O)N1CCCC(C(=O)c2c(F)cccc2Br)CC1. The van der Waals surface area contributed by atoms with E-state index in [0.717, 1.165) is 0 Å². The number of halogens is 2. The van der Waals surface area contributed by atoms with Gasteiger partial charge in [0.2, 0.25) is 0 Å². The number of rotatable bonds is 2. The molecule has 6 heteroatoms. The zero-order valence-corrected chi connectivity index (χ0v) is 15.9. The van der Waals surface area contributed by atoms with Crippen molar-refractivity contribution in [2.75, 3.05) is 13.1 Å². The van der Waals surface area contributed by atoms with Gasteiger partial charge in [0.15, 0.2) is 5.78 Å². The van der Waals surface area contributed by atoms with Crippen LogP contribution in [0, 0.1) is 11.7 Å². The Balaban J connectivity index is 2.05. The lowest BCUT2D eigenvalue weighted by molar-refractivity contribution is 0.0254. The van der Waals surface area contributed by atoms with E-state index in [1.54, 1.807) is 17.0 Å². The highest BCUT2D eigenvalue weighted by atomic mass is 79.9. The Bertz CT molecular complexity index is 607. The first-order chi connectivity index (χ1) is 11.2. The fraction of sp³-hybridized carbons (Fsp3) is 0.556. The summed E-state index contributed by atoms with van der Waals surface area (Å²) in [7, 11) is 0. The quantitative estimate of drug-likeness (QED) is 0.670. The molecule has 1 atom stereocenters. The topological polar surface area (TPSA) is 46.6 Å². The molecule has 4 nitrogen and oxygen atoms in total. The minimum Gasteiger partial charge on any atom is -0.444 e. The monoisotopic (exact) mass is 399 g/mol. The molecule has 24 heavy (non-hydrogen) atoms. The molecule has 0 spiro atoms. The number of hydrogen-bond donors (Lipinski definition) is 0. The standard InChI is InChI=1S/C18H23BrFNO3/c1-18(2,3)24-17(23)21-10-5-6-12(9-11-21)16(22)15-13(19)7-4-8-14(15)20/h4,7-8,12H,5-6,9-11H2,1-3H3. The summed E-state index contributed by atoms with van der Waals surface area (Å²) in [5.74, 6) is -1.00. The second-order valence-corrected chi connectivity index (χ2v) is 7.91. The molecule has 0 aliphatic carbocycles. The molecule has 0 N–H and O–H groups in total. The third-order valence-corrected chi connectivity index (χ3v) is 4.62. The van der Waals surface area contributed by atoms with Gasteiger partial charge in [-0.15, -0.1) is 0 Å². The van der Waals surface area contributed by atoms with Crippen LogP contribution in [0.25, 0.3) is 0 Å². The smallest absolute Gasteiger partial charge is 0.410 e. The Labute approximate surface area is 150 Å². The number of ether oxygens (including phenoxy) is 1. The van der Waals surface area contributed by atoms with E-state index in [2.05, 4.69) is 15.9 Å². The predicted molar refractivity (Wildman–Crippen MR) is 93.6 cm³/mol. The van der Waals surface area contributed by atoms with Gasteiger partial charge in [0.05, 0.1) is 5.56 Å². The summed E-state index contributed by atoms with van der Waals surface area (Å²) in [6.07, 6.45) is 1.49. The first kappa shape index (κ1) is 18.9. The van der Waals surface area contributed by atoms with Crippen LogP contribution in [-0.2, 0) is 4.74 Å². The summed E-state index contributed by atoms with van der Waals surface area (Å²) in [5, 5.41) is 0. The molecule has 1 aromatic carbocycles. The predicted octanol–water partition coefficient (Wildman–Crippen LogP) is 4.81. The molecule has 1 amide bonds. The van der Waals surface area contributed by atoms with Crippen molar-refractivity contribution in [3.05, 3.63) is 34.1 Å². The Kier molecular flexibility index (Phi) is 6.01. The third-order valence-electron chi connectivity index (χ3n) is 3.96. The van der Waals surface area contributed by atoms with Crippen LogP contribution in [0.5, 0.6) is 0 Å². The van der Waals surface area contributed by atoms with Gasteiger partial charge in [-0.2, -0.15) is 0 Å². The summed E-state index contributed by atoms with van der Waals surface area (Å²) >= 11 is 3.26. The lowest BCUT2D eigenvalue weighted by atomic mass is 9.91. The van der Waals surface area contributed by atoms with E-state index >= 15 is 0 Å². The van der Waals surface area contributed by atoms with Crippen molar-refractivity contribution in [3.8, 4) is 0 Å². The molecule has 1 unspecified atom stereocenters. The Morgan fingerprint density at radius 2 is 1.96 bits per heavy atom. The van der Waals surface area contributed by atoms with Crippen LogP contribution >= 0.6 is 15.9 Å². The number of nitrogens with zero attached hydrogens (tertiary/aromatic N) is 1. The van der Waals surface area contributed by atoms with Crippen LogP contribution in [0.15, 0.2) is 22.7 Å². The molecular weight excluding hydrogens is 377 g/mol. The largest absolute Gasteiger partial charge is 0.444 e. The van der Waals surface area contributed by atoms with E-state index in [1.165, 1.54) is 6.07 Å². The maximum Gasteiger partial charge on any atom is 0.410 e. The van der Waals surface area contributed by atoms with Crippen molar-refractivity contribution in [2.24, 2.45) is 5.92 Å². The minimum absolute atomic E-state index is 0.105. The molecule has 1 fully saturated rings. The summed E-state index contributed by atoms with van der Waals surface area (Å²) in [6, 6.07) is 4.52. The number of hydrogen-bond acceptors (Lipinski definition) is 3. The van der Waals surface area contributed by atoms with E-state index in [1.807, 2.05) is 20.8 Å². The second-order valence-electron chi connectivity index (χ2n) is 7.06. The minimum atomic E-state index is -0.545. The summed E-state index contributed by atoms with van der Waals surface area (Å²) in [5.41, 5.74) is -0.440. The maximum atomic E-state index is 14.0. The number of likely N-dealkylation sites (tertiary alicyclic amines) is 1. The molecule has 1 aliphatic rings. The first-order valence-electron chi connectivity index (χ1n) is 8.15. The summed E-state index contributed by atoms with van der Waals surface area (Å²) in [6.45, 7) is 6.47. The van der Waals surface area contributed by atoms with Gasteiger partial charge >= 0.3 is 6.09 Å². The van der Waals surface area contributed by atoms with E-state index in [0.29, 0.717) is 36.8 Å². The number of benzene rings is 1. The van der Waals surface area contributed by atoms with Gasteiger partial charge in [0.25, 0.3) is 0 Å². The van der Waals surface area contributed by atoms with E-state index in [9.17, 15) is 14.0 Å². The molecule has 0 radical (unpaired) electrons. The van der Waals surface area contributed by atoms with Gasteiger partial charge in [-0.05, 0) is 68.1 Å². The van der Waals surface area contributed by atoms with Crippen molar-refractivity contribution in [2.45, 2.75) is 45.6 Å². The van der Waals surface area contributed by atoms with Crippen LogP contribution < -0.4 is 0 Å². The highest BCUT2D eigenvalue weighted by Gasteiger charge is 2.30. The third kappa shape index (κ3) is 4.79. The molecule has 2 rings (SSSR count). The Hall–Kier alpha value is -1.43. The maximum absolute atomic E-state index is 14.0. The molecule has 0 saturated carbocycles. The summed E-state index contributed by atoms with van der Waals surface area (Å²) < 4.78 is 19.9. The molecular formula is C18H23BrFNO3. The van der Waals surface area contributed by atoms with E-state index < -0.39 is 11.4 Å². The van der Waals surface area contributed by atoms with Crippen molar-refractivity contribution >= 4 is 27.8 Å². The molecule has 1 heterocycles. The highest BCUT2D eigenvalue weighted by Crippen LogP contribution is 2.28. The first-order valence-corrected chi connectivity index (χ1v) is 8.94. The van der Waals surface area contributed by atoms with Crippen LogP contribution in [0.1, 0.15) is 50.4 Å². The molecule has 1 saturated heterocycles.